The van der Waals surface area contributed by atoms with Gasteiger partial charge in [-0.05, 0) is 0 Å². The number of hydrogen-bond donors (Lipinski definition) is 2. The number of nitrogens with one attached hydrogen (secondary N) is 1. The summed E-state index contributed by atoms with van der Waals surface area (Å²) in [6.45, 7) is -0.139. The molecule has 0 aliphatic rings. The van der Waals surface area contributed by atoms with Crippen molar-refractivity contribution in [3.05, 3.63) is 0 Å². The average Bonchev–Trinajstić information content (AvgIpc) is 1.37. The highest BCUT2D eigenvalue weighted by molar-refractivity contribution is 5.85. The van der Waals surface area contributed by atoms with E-state index in [2.05, 4.69) is 0 Å². The summed E-state index contributed by atoms with van der Waals surface area (Å²) in [6.07, 6.45) is 0.931. The van der Waals surface area contributed by atoms with Crippen LogP contribution in [0, 0.1) is 5.41 Å². The molecule has 0 saturated carbocycles. The Morgan fingerprint density at radius 2 is 2.00 bits per heavy atom. The lowest BCUT2D eigenvalue weighted by molar-refractivity contribution is 0.361. The molecule has 0 radical (unpaired) electrons. The minimum Gasteiger partial charge on any atom is -0.391 e. The maximum Gasteiger partial charge on any atom is 0.0776 e. The van der Waals surface area contributed by atoms with Crippen LogP contribution in [0.25, 0.3) is 0 Å². The Bertz CT molecular complexity index is 23.6. The van der Waals surface area contributed by atoms with E-state index in [1.807, 2.05) is 0 Å². The lowest BCUT2D eigenvalue weighted by Gasteiger charge is -1.58. The molecule has 2 nitrogen and oxygen atoms in total. The molecule has 0 spiro atoms. The largest absolute Gasteiger partial charge is 0.391 e. The topological polar surface area (TPSA) is 44.1 Å². The van der Waals surface area contributed by atoms with Crippen molar-refractivity contribution in [1.82, 2.24) is 0 Å². The van der Waals surface area contributed by atoms with Gasteiger partial charge in [-0.15, -0.1) is 12.4 Å². The minimum atomic E-state index is -0.139. The van der Waals surface area contributed by atoms with Crippen molar-refractivity contribution in [2.45, 2.75) is 0 Å². The highest BCUT2D eigenvalue weighted by Gasteiger charge is 1.47. The van der Waals surface area contributed by atoms with Gasteiger partial charge in [0.1, 0.15) is 0 Å². The van der Waals surface area contributed by atoms with Crippen molar-refractivity contribution in [2.24, 2.45) is 0 Å². The van der Waals surface area contributed by atoms with Gasteiger partial charge >= 0.3 is 0 Å². The van der Waals surface area contributed by atoms with E-state index >= 15 is 0 Å². The van der Waals surface area contributed by atoms with Crippen LogP contribution in [0.5, 0.6) is 0 Å². The van der Waals surface area contributed by atoms with E-state index in [1.165, 1.54) is 0 Å². The third-order valence-electron chi connectivity index (χ3n) is 0.0913. The zero-order valence-corrected chi connectivity index (χ0v) is 3.46. The third-order valence-corrected chi connectivity index (χ3v) is 0.0913. The Morgan fingerprint density at radius 3 is 2.00 bits per heavy atom. The number of aliphatic hydroxyl groups is 1. The molecule has 3 heteroatoms. The molecular formula is C2H6ClNO. The van der Waals surface area contributed by atoms with Crippen LogP contribution in [-0.2, 0) is 0 Å². The van der Waals surface area contributed by atoms with Crippen molar-refractivity contribution in [1.29, 1.82) is 5.41 Å². The predicted molar refractivity (Wildman–Crippen MR) is 23.1 cm³/mol. The highest BCUT2D eigenvalue weighted by atomic mass is 35.5. The Hall–Kier alpha value is -0.0800. The molecule has 0 amide bonds. The summed E-state index contributed by atoms with van der Waals surface area (Å²) in [7, 11) is 0. The van der Waals surface area contributed by atoms with Gasteiger partial charge in [0.2, 0.25) is 0 Å². The first-order valence-electron chi connectivity index (χ1n) is 1.01. The van der Waals surface area contributed by atoms with E-state index in [9.17, 15) is 0 Å². The van der Waals surface area contributed by atoms with Crippen LogP contribution < -0.4 is 0 Å². The van der Waals surface area contributed by atoms with Gasteiger partial charge in [0.25, 0.3) is 0 Å². The summed E-state index contributed by atoms with van der Waals surface area (Å²) < 4.78 is 0. The van der Waals surface area contributed by atoms with Gasteiger partial charge < -0.3 is 10.5 Å². The molecular weight excluding hydrogens is 89.5 g/mol. The highest BCUT2D eigenvalue weighted by Crippen LogP contribution is 1.29. The van der Waals surface area contributed by atoms with Gasteiger partial charge in [-0.25, -0.2) is 0 Å². The van der Waals surface area contributed by atoms with E-state index in [4.69, 9.17) is 10.5 Å². The smallest absolute Gasteiger partial charge is 0.0776 e. The molecule has 0 aromatic rings. The maximum atomic E-state index is 7.63. The third kappa shape index (κ3) is 17.1. The maximum absolute atomic E-state index is 7.63. The normalized spacial score (nSPS) is 5.00. The lowest BCUT2D eigenvalue weighted by Crippen LogP contribution is -1.74. The second kappa shape index (κ2) is 9.07. The fourth-order valence-corrected chi connectivity index (χ4v) is 0. The van der Waals surface area contributed by atoms with Gasteiger partial charge in [0.15, 0.2) is 0 Å². The van der Waals surface area contributed by atoms with Crippen LogP contribution in [-0.4, -0.2) is 17.9 Å². The molecule has 0 bridgehead atoms. The molecule has 0 aliphatic heterocycles. The molecule has 32 valence electrons. The number of halogens is 1. The zero-order valence-electron chi connectivity index (χ0n) is 2.64. The molecule has 0 heterocycles. The van der Waals surface area contributed by atoms with Crippen LogP contribution >= 0.6 is 12.4 Å². The van der Waals surface area contributed by atoms with E-state index < -0.39 is 0 Å². The van der Waals surface area contributed by atoms with Crippen LogP contribution in [0.2, 0.25) is 0 Å². The molecule has 0 aromatic carbocycles. The Balaban J connectivity index is 0. The second-order valence-electron chi connectivity index (χ2n) is 0.387. The van der Waals surface area contributed by atoms with E-state index in [-0.39, 0.29) is 19.0 Å². The number of rotatable bonds is 1. The quantitative estimate of drug-likeness (QED) is 0.444. The first-order valence-corrected chi connectivity index (χ1v) is 1.01. The molecule has 5 heavy (non-hydrogen) atoms. The fraction of sp³-hybridized carbons (Fsp3) is 0.500. The van der Waals surface area contributed by atoms with Crippen molar-refractivity contribution in [3.8, 4) is 0 Å². The predicted octanol–water partition coefficient (Wildman–Crippen LogP) is 0.0501. The van der Waals surface area contributed by atoms with Gasteiger partial charge in [-0.1, -0.05) is 0 Å². The van der Waals surface area contributed by atoms with Crippen molar-refractivity contribution >= 4 is 18.6 Å². The minimum absolute atomic E-state index is 0. The van der Waals surface area contributed by atoms with Crippen LogP contribution in [0.4, 0.5) is 0 Å². The first kappa shape index (κ1) is 8.87. The summed E-state index contributed by atoms with van der Waals surface area (Å²) in [6, 6.07) is 0. The number of hydrogen-bond acceptors (Lipinski definition) is 2. The fourth-order valence-electron chi connectivity index (χ4n) is 0. The van der Waals surface area contributed by atoms with E-state index in [1.54, 1.807) is 0 Å². The van der Waals surface area contributed by atoms with Gasteiger partial charge in [0.05, 0.1) is 6.61 Å². The van der Waals surface area contributed by atoms with Crippen LogP contribution in [0.3, 0.4) is 0 Å². The zero-order chi connectivity index (χ0) is 3.41. The summed E-state index contributed by atoms with van der Waals surface area (Å²) in [4.78, 5) is 0. The first-order chi connectivity index (χ1) is 1.91. The van der Waals surface area contributed by atoms with Crippen LogP contribution in [0.15, 0.2) is 0 Å². The van der Waals surface area contributed by atoms with E-state index in [0.29, 0.717) is 0 Å². The summed E-state index contributed by atoms with van der Waals surface area (Å²) >= 11 is 0. The molecule has 0 fully saturated rings. The standard InChI is InChI=1S/C2H5NO.ClH/c3-1-2-4;/h1,3-4H,2H2;1H. The molecule has 0 rings (SSSR count). The molecule has 0 atom stereocenters. The Morgan fingerprint density at radius 1 is 1.80 bits per heavy atom. The molecule has 0 unspecified atom stereocenters. The summed E-state index contributed by atoms with van der Waals surface area (Å²) in [5.41, 5.74) is 0. The molecule has 0 aromatic heterocycles. The lowest BCUT2D eigenvalue weighted by atomic mass is 10.8. The Labute approximate surface area is 36.7 Å². The van der Waals surface area contributed by atoms with Gasteiger partial charge in [0, 0.05) is 6.21 Å². The summed E-state index contributed by atoms with van der Waals surface area (Å²) in [5.74, 6) is 0. The van der Waals surface area contributed by atoms with Crippen molar-refractivity contribution in [3.63, 3.8) is 0 Å². The van der Waals surface area contributed by atoms with Gasteiger partial charge in [-0.2, -0.15) is 0 Å². The molecule has 0 aliphatic carbocycles. The monoisotopic (exact) mass is 95.0 g/mol. The Kier molecular flexibility index (Phi) is 16.1. The average molecular weight is 95.5 g/mol. The van der Waals surface area contributed by atoms with E-state index in [0.717, 1.165) is 6.21 Å². The SMILES string of the molecule is Cl.N=CCO. The molecule has 0 saturated heterocycles. The van der Waals surface area contributed by atoms with Crippen LogP contribution in [0.1, 0.15) is 0 Å². The molecule has 2 N–H and O–H groups in total. The second-order valence-corrected chi connectivity index (χ2v) is 0.387. The van der Waals surface area contributed by atoms with Crippen molar-refractivity contribution < 1.29 is 5.11 Å². The van der Waals surface area contributed by atoms with Crippen molar-refractivity contribution in [2.75, 3.05) is 6.61 Å². The number of aliphatic hydroxyl groups excluding tert-OH is 1. The van der Waals surface area contributed by atoms with Gasteiger partial charge in [-0.3, -0.25) is 0 Å². The summed E-state index contributed by atoms with van der Waals surface area (Å²) in [5, 5.41) is 13.7.